The number of anilines is 1. The fourth-order valence-electron chi connectivity index (χ4n) is 3.23. The van der Waals surface area contributed by atoms with Crippen LogP contribution in [0.3, 0.4) is 0 Å². The second kappa shape index (κ2) is 8.66. The van der Waals surface area contributed by atoms with Gasteiger partial charge in [0.15, 0.2) is 10.3 Å². The van der Waals surface area contributed by atoms with Crippen molar-refractivity contribution in [1.82, 2.24) is 14.5 Å². The van der Waals surface area contributed by atoms with Crippen molar-refractivity contribution in [2.45, 2.75) is 16.5 Å². The summed E-state index contributed by atoms with van der Waals surface area (Å²) in [6.07, 6.45) is 0.763. The number of aromatic nitrogens is 3. The van der Waals surface area contributed by atoms with Gasteiger partial charge in [-0.2, -0.15) is 0 Å². The molecule has 1 aliphatic rings. The van der Waals surface area contributed by atoms with Crippen molar-refractivity contribution in [1.29, 1.82) is 0 Å². The molecule has 10 heteroatoms. The van der Waals surface area contributed by atoms with E-state index in [0.717, 1.165) is 33.8 Å². The number of thiazole rings is 1. The minimum absolute atomic E-state index is 0.0790. The molecule has 31 heavy (non-hydrogen) atoms. The summed E-state index contributed by atoms with van der Waals surface area (Å²) in [6.45, 7) is 0. The number of nitrogens with zero attached hydrogens (tertiary/aromatic N) is 3. The summed E-state index contributed by atoms with van der Waals surface area (Å²) < 4.78 is 2.50. The highest BCUT2D eigenvalue weighted by Crippen LogP contribution is 2.31. The zero-order chi connectivity index (χ0) is 21.4. The molecule has 0 aliphatic carbocycles. The maximum atomic E-state index is 13.1. The molecule has 4 aromatic rings. The number of nitrogens with one attached hydrogen (secondary N) is 1. The predicted molar refractivity (Wildman–Crippen MR) is 128 cm³/mol. The van der Waals surface area contributed by atoms with Gasteiger partial charge in [0, 0.05) is 17.2 Å². The van der Waals surface area contributed by atoms with Crippen molar-refractivity contribution < 1.29 is 4.79 Å². The lowest BCUT2D eigenvalue weighted by Crippen LogP contribution is -2.24. The minimum Gasteiger partial charge on any atom is -0.301 e. The van der Waals surface area contributed by atoms with E-state index in [4.69, 9.17) is 16.6 Å². The fourth-order valence-corrected chi connectivity index (χ4v) is 6.24. The van der Waals surface area contributed by atoms with Crippen LogP contribution in [0.25, 0.3) is 15.9 Å². The number of halogens is 1. The number of benzene rings is 2. The van der Waals surface area contributed by atoms with Crippen LogP contribution in [-0.2, 0) is 11.2 Å². The van der Waals surface area contributed by atoms with Crippen molar-refractivity contribution in [2.75, 3.05) is 16.8 Å². The van der Waals surface area contributed by atoms with E-state index in [2.05, 4.69) is 10.3 Å². The zero-order valence-electron chi connectivity index (χ0n) is 16.0. The molecule has 5 rings (SSSR count). The number of hydrogen-bond acceptors (Lipinski definition) is 7. The second-order valence-electron chi connectivity index (χ2n) is 6.71. The molecule has 2 aromatic heterocycles. The van der Waals surface area contributed by atoms with Crippen LogP contribution in [0.4, 0.5) is 5.13 Å². The van der Waals surface area contributed by atoms with Crippen LogP contribution in [0, 0.1) is 0 Å². The van der Waals surface area contributed by atoms with Crippen LogP contribution in [0.2, 0.25) is 5.02 Å². The zero-order valence-corrected chi connectivity index (χ0v) is 19.2. The molecule has 0 saturated heterocycles. The Morgan fingerprint density at radius 3 is 2.87 bits per heavy atom. The molecule has 6 nitrogen and oxygen atoms in total. The van der Waals surface area contributed by atoms with Crippen molar-refractivity contribution in [3.8, 4) is 5.69 Å². The Bertz CT molecular complexity index is 1350. The molecule has 1 amide bonds. The van der Waals surface area contributed by atoms with E-state index in [1.807, 2.05) is 42.5 Å². The van der Waals surface area contributed by atoms with E-state index in [9.17, 15) is 9.59 Å². The lowest BCUT2D eigenvalue weighted by atomic mass is 10.3. The molecule has 0 fully saturated rings. The van der Waals surface area contributed by atoms with Crippen molar-refractivity contribution in [3.05, 3.63) is 69.6 Å². The number of carbonyl (C=O) groups excluding carboxylic acids is 1. The standard InChI is InChI=1S/C21H15ClN4O2S3/c22-12-6-7-14-16(10-12)31-20(23-14)25-17(27)11-30-21-24-15-8-9-29-18(15)19(28)26(21)13-4-2-1-3-5-13/h1-7,10H,8-9,11H2,(H,23,25,27). The Hall–Kier alpha value is -2.33. The van der Waals surface area contributed by atoms with Crippen LogP contribution < -0.4 is 10.9 Å². The van der Waals surface area contributed by atoms with Crippen LogP contribution in [0.1, 0.15) is 5.69 Å². The van der Waals surface area contributed by atoms with E-state index < -0.39 is 0 Å². The highest BCUT2D eigenvalue weighted by atomic mass is 35.5. The maximum absolute atomic E-state index is 13.1. The Morgan fingerprint density at radius 1 is 1.19 bits per heavy atom. The van der Waals surface area contributed by atoms with Crippen LogP contribution in [0.15, 0.2) is 63.4 Å². The van der Waals surface area contributed by atoms with Crippen LogP contribution in [0.5, 0.6) is 0 Å². The Morgan fingerprint density at radius 2 is 2.03 bits per heavy atom. The second-order valence-corrected chi connectivity index (χ2v) is 10.2. The van der Waals surface area contributed by atoms with Gasteiger partial charge in [0.25, 0.3) is 5.56 Å². The average Bonchev–Trinajstić information content (AvgIpc) is 3.39. The summed E-state index contributed by atoms with van der Waals surface area (Å²) in [7, 11) is 0. The largest absolute Gasteiger partial charge is 0.301 e. The number of amides is 1. The van der Waals surface area contributed by atoms with E-state index in [1.165, 1.54) is 23.1 Å². The van der Waals surface area contributed by atoms with Gasteiger partial charge in [-0.25, -0.2) is 9.97 Å². The summed E-state index contributed by atoms with van der Waals surface area (Å²) in [5, 5.41) is 4.49. The summed E-state index contributed by atoms with van der Waals surface area (Å²) in [6, 6.07) is 14.8. The van der Waals surface area contributed by atoms with Gasteiger partial charge in [0.2, 0.25) is 5.91 Å². The minimum atomic E-state index is -0.209. The third-order valence-corrected chi connectivity index (χ3v) is 7.82. The van der Waals surface area contributed by atoms with Gasteiger partial charge in [0.05, 0.1) is 32.2 Å². The van der Waals surface area contributed by atoms with Crippen LogP contribution >= 0.6 is 46.5 Å². The fraction of sp³-hybridized carbons (Fsp3) is 0.143. The molecule has 0 spiro atoms. The van der Waals surface area contributed by atoms with Gasteiger partial charge in [-0.15, -0.1) is 11.8 Å². The number of rotatable bonds is 5. The number of fused-ring (bicyclic) bond motifs is 2. The first kappa shape index (κ1) is 20.6. The monoisotopic (exact) mass is 486 g/mol. The number of carbonyl (C=O) groups is 1. The highest BCUT2D eigenvalue weighted by molar-refractivity contribution is 8.00. The van der Waals surface area contributed by atoms with Gasteiger partial charge in [-0.1, -0.05) is 52.9 Å². The third-order valence-electron chi connectivity index (χ3n) is 4.61. The molecular weight excluding hydrogens is 472 g/mol. The number of thioether (sulfide) groups is 2. The first-order valence-electron chi connectivity index (χ1n) is 9.41. The number of para-hydroxylation sites is 1. The first-order valence-corrected chi connectivity index (χ1v) is 12.6. The Kier molecular flexibility index (Phi) is 5.75. The van der Waals surface area contributed by atoms with Gasteiger partial charge in [-0.3, -0.25) is 14.2 Å². The molecule has 0 atom stereocenters. The molecule has 3 heterocycles. The summed E-state index contributed by atoms with van der Waals surface area (Å²) in [5.41, 5.74) is 2.26. The van der Waals surface area contributed by atoms with E-state index in [-0.39, 0.29) is 17.2 Å². The quantitative estimate of drug-likeness (QED) is 0.320. The predicted octanol–water partition coefficient (Wildman–Crippen LogP) is 4.87. The maximum Gasteiger partial charge on any atom is 0.272 e. The highest BCUT2D eigenvalue weighted by Gasteiger charge is 2.23. The molecular formula is C21H15ClN4O2S3. The molecule has 2 aromatic carbocycles. The van der Waals surface area contributed by atoms with Gasteiger partial charge in [-0.05, 0) is 30.3 Å². The van der Waals surface area contributed by atoms with Gasteiger partial charge >= 0.3 is 0 Å². The smallest absolute Gasteiger partial charge is 0.272 e. The summed E-state index contributed by atoms with van der Waals surface area (Å²) in [5.74, 6) is 0.753. The molecule has 0 unspecified atom stereocenters. The normalized spacial score (nSPS) is 12.8. The van der Waals surface area contributed by atoms with E-state index in [0.29, 0.717) is 20.2 Å². The van der Waals surface area contributed by atoms with E-state index in [1.54, 1.807) is 22.4 Å². The summed E-state index contributed by atoms with van der Waals surface area (Å²) in [4.78, 5) is 35.5. The summed E-state index contributed by atoms with van der Waals surface area (Å²) >= 11 is 10.2. The average molecular weight is 487 g/mol. The van der Waals surface area contributed by atoms with Crippen molar-refractivity contribution >= 4 is 67.7 Å². The van der Waals surface area contributed by atoms with Crippen molar-refractivity contribution in [2.24, 2.45) is 0 Å². The lowest BCUT2D eigenvalue weighted by Gasteiger charge is -2.13. The Balaban J connectivity index is 1.38. The molecule has 0 saturated carbocycles. The van der Waals surface area contributed by atoms with E-state index >= 15 is 0 Å². The van der Waals surface area contributed by atoms with Gasteiger partial charge in [0.1, 0.15) is 0 Å². The number of hydrogen-bond donors (Lipinski definition) is 1. The number of aryl methyl sites for hydroxylation is 1. The first-order chi connectivity index (χ1) is 15.1. The van der Waals surface area contributed by atoms with Gasteiger partial charge < -0.3 is 5.32 Å². The topological polar surface area (TPSA) is 76.9 Å². The SMILES string of the molecule is O=C(CSc1nc2c(c(=O)n1-c1ccccc1)SCC2)Nc1nc2ccc(Cl)cc2s1. The Labute approximate surface area is 195 Å². The molecule has 0 radical (unpaired) electrons. The third kappa shape index (κ3) is 4.23. The molecule has 156 valence electrons. The van der Waals surface area contributed by atoms with Crippen LogP contribution in [-0.4, -0.2) is 31.9 Å². The lowest BCUT2D eigenvalue weighted by molar-refractivity contribution is -0.113. The van der Waals surface area contributed by atoms with Crippen molar-refractivity contribution in [3.63, 3.8) is 0 Å². The molecule has 1 N–H and O–H groups in total. The molecule has 0 bridgehead atoms. The molecule has 1 aliphatic heterocycles.